The van der Waals surface area contributed by atoms with Crippen molar-refractivity contribution in [1.82, 2.24) is 0 Å². The number of hydrogen-bond donors (Lipinski definition) is 1. The average molecular weight is 161 g/mol. The van der Waals surface area contributed by atoms with E-state index in [0.29, 0.717) is 18.9 Å². The first-order chi connectivity index (χ1) is 5.77. The van der Waals surface area contributed by atoms with Gasteiger partial charge in [0.15, 0.2) is 0 Å². The molecule has 12 heavy (non-hydrogen) atoms. The highest BCUT2D eigenvalue weighted by Crippen LogP contribution is 2.17. The lowest BCUT2D eigenvalue weighted by Crippen LogP contribution is -2.17. The molecule has 0 saturated carbocycles. The van der Waals surface area contributed by atoms with Gasteiger partial charge in [-0.05, 0) is 18.6 Å². The largest absolute Gasteiger partial charge is 0.370 e. The molecule has 0 bridgehead atoms. The number of ether oxygens (including phenoxy) is 1. The van der Waals surface area contributed by atoms with Crippen LogP contribution in [0.3, 0.4) is 0 Å². The van der Waals surface area contributed by atoms with Crippen LogP contribution in [0.1, 0.15) is 16.7 Å². The maximum Gasteiger partial charge on any atom is 0.0891 e. The normalized spacial score (nSPS) is 15.9. The van der Waals surface area contributed by atoms with E-state index < -0.39 is 0 Å². The van der Waals surface area contributed by atoms with Gasteiger partial charge in [0.05, 0.1) is 18.9 Å². The SMILES string of the molecule is Cc1ccc2c(c1)C(=N)COC2. The summed E-state index contributed by atoms with van der Waals surface area (Å²) >= 11 is 0. The second-order valence-corrected chi connectivity index (χ2v) is 3.13. The minimum Gasteiger partial charge on any atom is -0.370 e. The lowest BCUT2D eigenvalue weighted by atomic mass is 9.99. The summed E-state index contributed by atoms with van der Waals surface area (Å²) in [4.78, 5) is 0. The topological polar surface area (TPSA) is 33.1 Å². The van der Waals surface area contributed by atoms with Crippen LogP contribution in [-0.4, -0.2) is 12.3 Å². The van der Waals surface area contributed by atoms with Gasteiger partial charge in [-0.2, -0.15) is 0 Å². The summed E-state index contributed by atoms with van der Waals surface area (Å²) in [5, 5.41) is 7.64. The van der Waals surface area contributed by atoms with Gasteiger partial charge in [0.25, 0.3) is 0 Å². The summed E-state index contributed by atoms with van der Waals surface area (Å²) < 4.78 is 5.22. The van der Waals surface area contributed by atoms with Gasteiger partial charge < -0.3 is 10.1 Å². The molecule has 0 spiro atoms. The summed E-state index contributed by atoms with van der Waals surface area (Å²) in [6.45, 7) is 3.15. The van der Waals surface area contributed by atoms with E-state index in [1.54, 1.807) is 0 Å². The second-order valence-electron chi connectivity index (χ2n) is 3.13. The lowest BCUT2D eigenvalue weighted by Gasteiger charge is -2.17. The first-order valence-corrected chi connectivity index (χ1v) is 4.02. The van der Waals surface area contributed by atoms with Gasteiger partial charge in [-0.1, -0.05) is 17.7 Å². The van der Waals surface area contributed by atoms with Crippen molar-refractivity contribution >= 4 is 5.71 Å². The second kappa shape index (κ2) is 2.72. The highest BCUT2D eigenvalue weighted by atomic mass is 16.5. The molecule has 1 aromatic rings. The van der Waals surface area contributed by atoms with Crippen molar-refractivity contribution in [2.75, 3.05) is 6.61 Å². The molecular weight excluding hydrogens is 150 g/mol. The van der Waals surface area contributed by atoms with Crippen LogP contribution in [0.25, 0.3) is 0 Å². The van der Waals surface area contributed by atoms with Gasteiger partial charge in [-0.25, -0.2) is 0 Å². The Labute approximate surface area is 71.7 Å². The first kappa shape index (κ1) is 7.50. The van der Waals surface area contributed by atoms with Gasteiger partial charge >= 0.3 is 0 Å². The van der Waals surface area contributed by atoms with Crippen molar-refractivity contribution < 1.29 is 4.74 Å². The Morgan fingerprint density at radius 1 is 1.33 bits per heavy atom. The fraction of sp³-hybridized carbons (Fsp3) is 0.300. The maximum absolute atomic E-state index is 7.64. The predicted octanol–water partition coefficient (Wildman–Crippen LogP) is 1.89. The molecular formula is C10H11NO. The quantitative estimate of drug-likeness (QED) is 0.619. The summed E-state index contributed by atoms with van der Waals surface area (Å²) in [5.74, 6) is 0. The van der Waals surface area contributed by atoms with Crippen LogP contribution >= 0.6 is 0 Å². The van der Waals surface area contributed by atoms with E-state index in [0.717, 1.165) is 11.1 Å². The zero-order valence-electron chi connectivity index (χ0n) is 7.05. The molecule has 0 aromatic heterocycles. The third-order valence-corrected chi connectivity index (χ3v) is 2.09. The van der Waals surface area contributed by atoms with E-state index in [2.05, 4.69) is 12.1 Å². The van der Waals surface area contributed by atoms with E-state index in [1.807, 2.05) is 13.0 Å². The number of nitrogens with one attached hydrogen (secondary N) is 1. The maximum atomic E-state index is 7.64. The minimum atomic E-state index is 0.455. The first-order valence-electron chi connectivity index (χ1n) is 4.02. The van der Waals surface area contributed by atoms with Crippen LogP contribution in [-0.2, 0) is 11.3 Å². The van der Waals surface area contributed by atoms with Crippen LogP contribution in [0, 0.1) is 12.3 Å². The lowest BCUT2D eigenvalue weighted by molar-refractivity contribution is 0.151. The molecule has 2 rings (SSSR count). The highest BCUT2D eigenvalue weighted by Gasteiger charge is 2.13. The van der Waals surface area contributed by atoms with Gasteiger partial charge in [0.2, 0.25) is 0 Å². The number of hydrogen-bond acceptors (Lipinski definition) is 2. The zero-order valence-corrected chi connectivity index (χ0v) is 7.05. The Morgan fingerprint density at radius 2 is 2.17 bits per heavy atom. The van der Waals surface area contributed by atoms with Crippen molar-refractivity contribution in [1.29, 1.82) is 5.41 Å². The third kappa shape index (κ3) is 1.14. The molecule has 1 aliphatic heterocycles. The van der Waals surface area contributed by atoms with Crippen LogP contribution in [0.15, 0.2) is 18.2 Å². The molecule has 0 saturated heterocycles. The summed E-state index contributed by atoms with van der Waals surface area (Å²) in [6.07, 6.45) is 0. The fourth-order valence-electron chi connectivity index (χ4n) is 1.44. The Hall–Kier alpha value is -1.15. The van der Waals surface area contributed by atoms with E-state index in [9.17, 15) is 0 Å². The standard InChI is InChI=1S/C10H11NO/c1-7-2-3-8-5-12-6-10(11)9(8)4-7/h2-4,11H,5-6H2,1H3. The molecule has 0 radical (unpaired) electrons. The summed E-state index contributed by atoms with van der Waals surface area (Å²) in [6, 6.07) is 6.15. The Morgan fingerprint density at radius 3 is 3.00 bits per heavy atom. The molecule has 1 N–H and O–H groups in total. The number of rotatable bonds is 0. The summed E-state index contributed by atoms with van der Waals surface area (Å²) in [7, 11) is 0. The molecule has 0 fully saturated rings. The van der Waals surface area contributed by atoms with Gasteiger partial charge in [-0.3, -0.25) is 0 Å². The van der Waals surface area contributed by atoms with E-state index in [4.69, 9.17) is 10.1 Å². The smallest absolute Gasteiger partial charge is 0.0891 e. The molecule has 0 aliphatic carbocycles. The highest BCUT2D eigenvalue weighted by molar-refractivity contribution is 6.01. The number of fused-ring (bicyclic) bond motifs is 1. The predicted molar refractivity (Wildman–Crippen MR) is 47.7 cm³/mol. The fourth-order valence-corrected chi connectivity index (χ4v) is 1.44. The van der Waals surface area contributed by atoms with E-state index in [-0.39, 0.29) is 0 Å². The molecule has 1 heterocycles. The zero-order chi connectivity index (χ0) is 8.55. The van der Waals surface area contributed by atoms with Crippen molar-refractivity contribution in [3.8, 4) is 0 Å². The molecule has 0 unspecified atom stereocenters. The van der Waals surface area contributed by atoms with Gasteiger partial charge in [-0.15, -0.1) is 0 Å². The van der Waals surface area contributed by atoms with Crippen molar-refractivity contribution in [2.24, 2.45) is 0 Å². The van der Waals surface area contributed by atoms with Crippen molar-refractivity contribution in [3.05, 3.63) is 34.9 Å². The molecule has 0 atom stereocenters. The van der Waals surface area contributed by atoms with Crippen LogP contribution in [0.4, 0.5) is 0 Å². The molecule has 62 valence electrons. The van der Waals surface area contributed by atoms with Gasteiger partial charge in [0.1, 0.15) is 0 Å². The Bertz CT molecular complexity index is 331. The van der Waals surface area contributed by atoms with Crippen molar-refractivity contribution in [3.63, 3.8) is 0 Å². The van der Waals surface area contributed by atoms with Crippen LogP contribution in [0.5, 0.6) is 0 Å². The Balaban J connectivity index is 2.54. The minimum absolute atomic E-state index is 0.455. The molecule has 1 aliphatic rings. The van der Waals surface area contributed by atoms with Crippen LogP contribution in [0.2, 0.25) is 0 Å². The van der Waals surface area contributed by atoms with E-state index >= 15 is 0 Å². The van der Waals surface area contributed by atoms with E-state index in [1.165, 1.54) is 5.56 Å². The van der Waals surface area contributed by atoms with Gasteiger partial charge in [0, 0.05) is 5.56 Å². The number of aryl methyl sites for hydroxylation is 1. The monoisotopic (exact) mass is 161 g/mol. The summed E-state index contributed by atoms with van der Waals surface area (Å²) in [5.41, 5.74) is 4.00. The van der Waals surface area contributed by atoms with Crippen molar-refractivity contribution in [2.45, 2.75) is 13.5 Å². The van der Waals surface area contributed by atoms with Crippen LogP contribution < -0.4 is 0 Å². The molecule has 1 aromatic carbocycles. The molecule has 2 heteroatoms. The molecule has 2 nitrogen and oxygen atoms in total. The molecule has 0 amide bonds. The average Bonchev–Trinajstić information content (AvgIpc) is 2.07. The number of benzene rings is 1. The third-order valence-electron chi connectivity index (χ3n) is 2.09. The Kier molecular flexibility index (Phi) is 1.70.